The van der Waals surface area contributed by atoms with Crippen LogP contribution in [0.5, 0.6) is 0 Å². The SMILES string of the molecule is Cc1nc2c(F)cc(-c3nc(Nc4ccc5c(n4)CCN(CCN)C5)ncc3F)cc2n1C(C)C. The van der Waals surface area contributed by atoms with Gasteiger partial charge in [-0.25, -0.2) is 28.7 Å². The number of rotatable bonds is 6. The topological polar surface area (TPSA) is 97.8 Å². The lowest BCUT2D eigenvalue weighted by atomic mass is 10.1. The third-order valence-corrected chi connectivity index (χ3v) is 6.27. The molecule has 0 fully saturated rings. The van der Waals surface area contributed by atoms with Gasteiger partial charge >= 0.3 is 0 Å². The van der Waals surface area contributed by atoms with Gasteiger partial charge in [0.25, 0.3) is 0 Å². The molecule has 182 valence electrons. The van der Waals surface area contributed by atoms with Gasteiger partial charge in [-0.3, -0.25) is 4.90 Å². The van der Waals surface area contributed by atoms with Crippen LogP contribution < -0.4 is 11.1 Å². The summed E-state index contributed by atoms with van der Waals surface area (Å²) in [5, 5.41) is 3.07. The number of benzene rings is 1. The van der Waals surface area contributed by atoms with Crippen molar-refractivity contribution < 1.29 is 8.78 Å². The summed E-state index contributed by atoms with van der Waals surface area (Å²) in [6.07, 6.45) is 1.91. The van der Waals surface area contributed by atoms with E-state index in [4.69, 9.17) is 10.7 Å². The van der Waals surface area contributed by atoms with Crippen LogP contribution in [0.3, 0.4) is 0 Å². The second-order valence-corrected chi connectivity index (χ2v) is 9.08. The summed E-state index contributed by atoms with van der Waals surface area (Å²) >= 11 is 0. The van der Waals surface area contributed by atoms with E-state index in [0.717, 1.165) is 43.5 Å². The number of nitrogens with two attached hydrogens (primary N) is 1. The van der Waals surface area contributed by atoms with Gasteiger partial charge in [0.15, 0.2) is 11.6 Å². The van der Waals surface area contributed by atoms with Gasteiger partial charge in [0, 0.05) is 49.9 Å². The molecule has 0 radical (unpaired) electrons. The summed E-state index contributed by atoms with van der Waals surface area (Å²) in [5.41, 5.74) is 9.03. The molecule has 1 aliphatic heterocycles. The quantitative estimate of drug-likeness (QED) is 0.430. The zero-order chi connectivity index (χ0) is 24.7. The van der Waals surface area contributed by atoms with E-state index in [1.807, 2.05) is 37.5 Å². The monoisotopic (exact) mass is 478 g/mol. The Balaban J connectivity index is 1.46. The highest BCUT2D eigenvalue weighted by Gasteiger charge is 2.20. The highest BCUT2D eigenvalue weighted by atomic mass is 19.1. The molecule has 0 saturated carbocycles. The summed E-state index contributed by atoms with van der Waals surface area (Å²) in [4.78, 5) is 19.8. The van der Waals surface area contributed by atoms with Crippen LogP contribution in [-0.2, 0) is 13.0 Å². The highest BCUT2D eigenvalue weighted by molar-refractivity contribution is 5.83. The summed E-state index contributed by atoms with van der Waals surface area (Å²) in [6, 6.07) is 6.93. The molecule has 0 atom stereocenters. The molecular weight excluding hydrogens is 450 g/mol. The molecule has 1 aromatic carbocycles. The van der Waals surface area contributed by atoms with Gasteiger partial charge in [-0.2, -0.15) is 0 Å². The summed E-state index contributed by atoms with van der Waals surface area (Å²) in [7, 11) is 0. The third-order valence-electron chi connectivity index (χ3n) is 6.27. The molecule has 35 heavy (non-hydrogen) atoms. The lowest BCUT2D eigenvalue weighted by Crippen LogP contribution is -2.34. The molecule has 3 N–H and O–H groups in total. The molecule has 0 spiro atoms. The average molecular weight is 479 g/mol. The van der Waals surface area contributed by atoms with Crippen LogP contribution in [0.2, 0.25) is 0 Å². The minimum absolute atomic E-state index is 0.00726. The van der Waals surface area contributed by atoms with E-state index in [0.29, 0.717) is 29.3 Å². The number of pyridine rings is 1. The van der Waals surface area contributed by atoms with Crippen LogP contribution in [-0.4, -0.2) is 49.0 Å². The van der Waals surface area contributed by atoms with Crippen LogP contribution in [0.1, 0.15) is 37.0 Å². The largest absolute Gasteiger partial charge is 0.329 e. The first-order valence-electron chi connectivity index (χ1n) is 11.7. The lowest BCUT2D eigenvalue weighted by molar-refractivity contribution is 0.259. The van der Waals surface area contributed by atoms with E-state index in [9.17, 15) is 8.78 Å². The first-order valence-corrected chi connectivity index (χ1v) is 11.7. The molecule has 4 aromatic rings. The van der Waals surface area contributed by atoms with Crippen molar-refractivity contribution in [3.8, 4) is 11.3 Å². The fourth-order valence-corrected chi connectivity index (χ4v) is 4.72. The number of imidazole rings is 1. The second-order valence-electron chi connectivity index (χ2n) is 9.08. The Kier molecular flexibility index (Phi) is 6.16. The Morgan fingerprint density at radius 3 is 2.71 bits per heavy atom. The second kappa shape index (κ2) is 9.27. The molecule has 0 amide bonds. The molecule has 5 rings (SSSR count). The normalized spacial score (nSPS) is 14.0. The molecule has 4 heterocycles. The minimum Gasteiger partial charge on any atom is -0.329 e. The van der Waals surface area contributed by atoms with Gasteiger partial charge in [-0.15, -0.1) is 0 Å². The summed E-state index contributed by atoms with van der Waals surface area (Å²) in [6.45, 7) is 9.02. The summed E-state index contributed by atoms with van der Waals surface area (Å²) < 4.78 is 31.6. The number of nitrogens with one attached hydrogen (secondary N) is 1. The van der Waals surface area contributed by atoms with Crippen LogP contribution in [0, 0.1) is 18.6 Å². The van der Waals surface area contributed by atoms with Gasteiger partial charge in [-0.05, 0) is 44.5 Å². The molecule has 1 aliphatic rings. The van der Waals surface area contributed by atoms with Crippen LogP contribution in [0.25, 0.3) is 22.3 Å². The Bertz CT molecular complexity index is 1400. The van der Waals surface area contributed by atoms with Crippen LogP contribution >= 0.6 is 0 Å². The van der Waals surface area contributed by atoms with Gasteiger partial charge in [0.1, 0.15) is 22.9 Å². The van der Waals surface area contributed by atoms with Crippen molar-refractivity contribution >= 4 is 22.8 Å². The van der Waals surface area contributed by atoms with Gasteiger partial charge in [0.05, 0.1) is 11.7 Å². The zero-order valence-electron chi connectivity index (χ0n) is 20.0. The van der Waals surface area contributed by atoms with Crippen molar-refractivity contribution in [1.82, 2.24) is 29.4 Å². The van der Waals surface area contributed by atoms with E-state index < -0.39 is 11.6 Å². The fraction of sp³-hybridized carbons (Fsp3) is 0.360. The molecule has 10 heteroatoms. The van der Waals surface area contributed by atoms with Crippen molar-refractivity contribution in [3.05, 3.63) is 59.2 Å². The first kappa shape index (κ1) is 23.3. The van der Waals surface area contributed by atoms with E-state index in [-0.39, 0.29) is 23.2 Å². The third kappa shape index (κ3) is 4.46. The van der Waals surface area contributed by atoms with Crippen LogP contribution in [0.4, 0.5) is 20.5 Å². The first-order chi connectivity index (χ1) is 16.8. The molecule has 8 nitrogen and oxygen atoms in total. The number of halogens is 2. The van der Waals surface area contributed by atoms with Gasteiger partial charge in [-0.1, -0.05) is 6.07 Å². The Hall–Kier alpha value is -3.50. The summed E-state index contributed by atoms with van der Waals surface area (Å²) in [5.74, 6) is 0.293. The van der Waals surface area contributed by atoms with E-state index in [1.54, 1.807) is 6.07 Å². The molecule has 0 aliphatic carbocycles. The number of aromatic nitrogens is 5. The predicted molar refractivity (Wildman–Crippen MR) is 131 cm³/mol. The maximum Gasteiger partial charge on any atom is 0.229 e. The smallest absolute Gasteiger partial charge is 0.229 e. The Labute approximate surface area is 202 Å². The maximum absolute atomic E-state index is 14.9. The zero-order valence-corrected chi connectivity index (χ0v) is 20.0. The van der Waals surface area contributed by atoms with E-state index >= 15 is 0 Å². The molecule has 0 bridgehead atoms. The van der Waals surface area contributed by atoms with Gasteiger partial charge in [0.2, 0.25) is 5.95 Å². The molecule has 3 aromatic heterocycles. The number of anilines is 2. The van der Waals surface area contributed by atoms with Crippen LogP contribution in [0.15, 0.2) is 30.5 Å². The maximum atomic E-state index is 14.9. The number of fused-ring (bicyclic) bond motifs is 2. The van der Waals surface area contributed by atoms with Crippen molar-refractivity contribution in [1.29, 1.82) is 0 Å². The lowest BCUT2D eigenvalue weighted by Gasteiger charge is -2.27. The molecular formula is C25H28F2N8. The average Bonchev–Trinajstić information content (AvgIpc) is 3.17. The number of hydrogen-bond acceptors (Lipinski definition) is 7. The fourth-order valence-electron chi connectivity index (χ4n) is 4.72. The van der Waals surface area contributed by atoms with Crippen molar-refractivity contribution in [2.75, 3.05) is 25.0 Å². The van der Waals surface area contributed by atoms with Crippen molar-refractivity contribution in [2.45, 2.75) is 39.8 Å². The Morgan fingerprint density at radius 1 is 1.11 bits per heavy atom. The predicted octanol–water partition coefficient (Wildman–Crippen LogP) is 4.12. The van der Waals surface area contributed by atoms with Crippen molar-refractivity contribution in [2.24, 2.45) is 5.73 Å². The van der Waals surface area contributed by atoms with Crippen molar-refractivity contribution in [3.63, 3.8) is 0 Å². The number of hydrogen-bond donors (Lipinski definition) is 2. The number of aryl methyl sites for hydroxylation is 1. The van der Waals surface area contributed by atoms with E-state index in [1.165, 1.54) is 6.07 Å². The number of nitrogens with zero attached hydrogens (tertiary/aromatic N) is 6. The minimum atomic E-state index is -0.639. The van der Waals surface area contributed by atoms with Gasteiger partial charge < -0.3 is 15.6 Å². The molecule has 0 saturated heterocycles. The van der Waals surface area contributed by atoms with E-state index in [2.05, 4.69) is 25.2 Å². The molecule has 0 unspecified atom stereocenters. The highest BCUT2D eigenvalue weighted by Crippen LogP contribution is 2.30. The standard InChI is InChI=1S/C25H28F2N8/c1-14(2)35-15(3)30-24-18(26)10-17(11-21(24)35)23-19(27)12-29-25(33-23)32-22-5-4-16-13-34(9-7-28)8-6-20(16)31-22/h4-5,10-12,14H,6-9,13,28H2,1-3H3,(H,29,31,32,33). The Morgan fingerprint density at radius 2 is 1.94 bits per heavy atom.